The van der Waals surface area contributed by atoms with Crippen molar-refractivity contribution in [3.8, 4) is 5.75 Å². The van der Waals surface area contributed by atoms with Crippen molar-refractivity contribution in [2.45, 2.75) is 32.3 Å². The Labute approximate surface area is 112 Å². The van der Waals surface area contributed by atoms with Gasteiger partial charge in [-0.1, -0.05) is 25.1 Å². The van der Waals surface area contributed by atoms with Gasteiger partial charge >= 0.3 is 11.9 Å². The van der Waals surface area contributed by atoms with Crippen LogP contribution in [0.25, 0.3) is 0 Å². The highest BCUT2D eigenvalue weighted by Gasteiger charge is 2.14. The van der Waals surface area contributed by atoms with E-state index in [1.54, 1.807) is 0 Å². The Morgan fingerprint density at radius 1 is 1.21 bits per heavy atom. The molecule has 1 aromatic rings. The normalized spacial score (nSPS) is 11.6. The average Bonchev–Trinajstić information content (AvgIpc) is 2.42. The standard InChI is InChI=1S/C14H18O5/c1-2-11(19-14(17)9-8-13(15)16)10-18-12-6-4-3-5-7-12/h3-7,11H,2,8-10H2,1H3,(H,15,16). The Kier molecular flexibility index (Phi) is 6.43. The number of hydrogen-bond acceptors (Lipinski definition) is 4. The summed E-state index contributed by atoms with van der Waals surface area (Å²) in [6, 6.07) is 9.23. The summed E-state index contributed by atoms with van der Waals surface area (Å²) in [7, 11) is 0. The highest BCUT2D eigenvalue weighted by Crippen LogP contribution is 2.10. The van der Waals surface area contributed by atoms with E-state index in [2.05, 4.69) is 0 Å². The predicted octanol–water partition coefficient (Wildman–Crippen LogP) is 2.25. The third-order valence-electron chi connectivity index (χ3n) is 2.48. The number of rotatable bonds is 8. The number of carboxylic acids is 1. The highest BCUT2D eigenvalue weighted by atomic mass is 16.6. The molecule has 0 aliphatic heterocycles. The van der Waals surface area contributed by atoms with Crippen molar-refractivity contribution in [2.24, 2.45) is 0 Å². The number of para-hydroxylation sites is 1. The molecule has 0 amide bonds. The summed E-state index contributed by atoms with van der Waals surface area (Å²) in [6.45, 7) is 2.14. The van der Waals surface area contributed by atoms with Crippen LogP contribution in [0.15, 0.2) is 30.3 Å². The molecule has 0 fully saturated rings. The molecule has 1 rings (SSSR count). The lowest BCUT2D eigenvalue weighted by atomic mass is 10.2. The molecular formula is C14H18O5. The van der Waals surface area contributed by atoms with E-state index in [-0.39, 0.29) is 25.6 Å². The Hall–Kier alpha value is -2.04. The molecule has 5 heteroatoms. The van der Waals surface area contributed by atoms with Crippen LogP contribution >= 0.6 is 0 Å². The number of aliphatic carboxylic acids is 1. The van der Waals surface area contributed by atoms with Crippen molar-refractivity contribution in [3.05, 3.63) is 30.3 Å². The second-order valence-electron chi connectivity index (χ2n) is 4.04. The minimum atomic E-state index is -1.01. The predicted molar refractivity (Wildman–Crippen MR) is 69.0 cm³/mol. The zero-order valence-corrected chi connectivity index (χ0v) is 10.9. The third kappa shape index (κ3) is 6.45. The molecule has 0 aromatic heterocycles. The smallest absolute Gasteiger partial charge is 0.306 e. The molecule has 19 heavy (non-hydrogen) atoms. The van der Waals surface area contributed by atoms with Gasteiger partial charge in [0.25, 0.3) is 0 Å². The molecule has 1 unspecified atom stereocenters. The second-order valence-corrected chi connectivity index (χ2v) is 4.04. The molecule has 1 N–H and O–H groups in total. The van der Waals surface area contributed by atoms with E-state index in [0.717, 1.165) is 0 Å². The molecule has 0 saturated heterocycles. The summed E-state index contributed by atoms with van der Waals surface area (Å²) in [4.78, 5) is 21.7. The number of carboxylic acid groups (broad SMARTS) is 1. The van der Waals surface area contributed by atoms with E-state index in [1.165, 1.54) is 0 Å². The van der Waals surface area contributed by atoms with Crippen molar-refractivity contribution in [2.75, 3.05) is 6.61 Å². The van der Waals surface area contributed by atoms with E-state index in [0.29, 0.717) is 12.2 Å². The maximum atomic E-state index is 11.4. The Balaban J connectivity index is 2.33. The van der Waals surface area contributed by atoms with Crippen molar-refractivity contribution < 1.29 is 24.2 Å². The number of carbonyl (C=O) groups is 2. The van der Waals surface area contributed by atoms with Crippen LogP contribution in [0.2, 0.25) is 0 Å². The van der Waals surface area contributed by atoms with Gasteiger partial charge in [-0.2, -0.15) is 0 Å². The van der Waals surface area contributed by atoms with Crippen LogP contribution in [-0.4, -0.2) is 29.8 Å². The Morgan fingerprint density at radius 3 is 2.47 bits per heavy atom. The van der Waals surface area contributed by atoms with Crippen LogP contribution in [0.1, 0.15) is 26.2 Å². The summed E-state index contributed by atoms with van der Waals surface area (Å²) in [5, 5.41) is 8.47. The molecule has 1 atom stereocenters. The van der Waals surface area contributed by atoms with E-state index < -0.39 is 11.9 Å². The van der Waals surface area contributed by atoms with Gasteiger partial charge in [-0.25, -0.2) is 0 Å². The maximum Gasteiger partial charge on any atom is 0.306 e. The summed E-state index contributed by atoms with van der Waals surface area (Å²) in [5.74, 6) is -0.806. The number of carbonyl (C=O) groups excluding carboxylic acids is 1. The van der Waals surface area contributed by atoms with Gasteiger partial charge < -0.3 is 14.6 Å². The summed E-state index contributed by atoms with van der Waals surface area (Å²) in [6.07, 6.45) is -0.0704. The molecule has 0 saturated carbocycles. The van der Waals surface area contributed by atoms with Crippen molar-refractivity contribution in [1.29, 1.82) is 0 Å². The lowest BCUT2D eigenvalue weighted by molar-refractivity contribution is -0.153. The fourth-order valence-corrected chi connectivity index (χ4v) is 1.39. The van der Waals surface area contributed by atoms with Gasteiger partial charge in [0, 0.05) is 0 Å². The lowest BCUT2D eigenvalue weighted by Crippen LogP contribution is -2.24. The summed E-state index contributed by atoms with van der Waals surface area (Å²) >= 11 is 0. The first kappa shape index (κ1) is 15.0. The van der Waals surface area contributed by atoms with Crippen molar-refractivity contribution in [1.82, 2.24) is 0 Å². The number of ether oxygens (including phenoxy) is 2. The fraction of sp³-hybridized carbons (Fsp3) is 0.429. The molecular weight excluding hydrogens is 248 g/mol. The van der Waals surface area contributed by atoms with Gasteiger partial charge in [0.15, 0.2) is 0 Å². The lowest BCUT2D eigenvalue weighted by Gasteiger charge is -2.16. The zero-order valence-electron chi connectivity index (χ0n) is 10.9. The van der Waals surface area contributed by atoms with Crippen LogP contribution in [0.4, 0.5) is 0 Å². The van der Waals surface area contributed by atoms with Crippen LogP contribution in [0.5, 0.6) is 5.75 Å². The van der Waals surface area contributed by atoms with Gasteiger partial charge in [-0.15, -0.1) is 0 Å². The van der Waals surface area contributed by atoms with Gasteiger partial charge in [0.1, 0.15) is 18.5 Å². The van der Waals surface area contributed by atoms with Gasteiger partial charge in [0.05, 0.1) is 12.8 Å². The minimum Gasteiger partial charge on any atom is -0.490 e. The van der Waals surface area contributed by atoms with Crippen molar-refractivity contribution in [3.63, 3.8) is 0 Å². The molecule has 0 aliphatic rings. The molecule has 0 radical (unpaired) electrons. The molecule has 1 aromatic carbocycles. The second kappa shape index (κ2) is 8.13. The minimum absolute atomic E-state index is 0.114. The average molecular weight is 266 g/mol. The first-order chi connectivity index (χ1) is 9.11. The van der Waals surface area contributed by atoms with Gasteiger partial charge in [0.2, 0.25) is 0 Å². The monoisotopic (exact) mass is 266 g/mol. The largest absolute Gasteiger partial charge is 0.490 e. The number of hydrogen-bond donors (Lipinski definition) is 1. The Bertz CT molecular complexity index is 402. The van der Waals surface area contributed by atoms with E-state index >= 15 is 0 Å². The zero-order chi connectivity index (χ0) is 14.1. The number of benzene rings is 1. The van der Waals surface area contributed by atoms with Crippen LogP contribution in [-0.2, 0) is 14.3 Å². The molecule has 104 valence electrons. The first-order valence-electron chi connectivity index (χ1n) is 6.21. The van der Waals surface area contributed by atoms with Crippen LogP contribution < -0.4 is 4.74 Å². The number of esters is 1. The molecule has 0 bridgehead atoms. The molecule has 5 nitrogen and oxygen atoms in total. The summed E-state index contributed by atoms with van der Waals surface area (Å²) in [5.41, 5.74) is 0. The quantitative estimate of drug-likeness (QED) is 0.730. The van der Waals surface area contributed by atoms with Crippen LogP contribution in [0, 0.1) is 0 Å². The van der Waals surface area contributed by atoms with Gasteiger partial charge in [-0.3, -0.25) is 9.59 Å². The maximum absolute atomic E-state index is 11.4. The molecule has 0 aliphatic carbocycles. The highest BCUT2D eigenvalue weighted by molar-refractivity contribution is 5.76. The van der Waals surface area contributed by atoms with Crippen molar-refractivity contribution >= 4 is 11.9 Å². The van der Waals surface area contributed by atoms with E-state index in [1.807, 2.05) is 37.3 Å². The molecule has 0 heterocycles. The SMILES string of the molecule is CCC(COc1ccccc1)OC(=O)CCC(=O)O. The van der Waals surface area contributed by atoms with E-state index in [4.69, 9.17) is 14.6 Å². The Morgan fingerprint density at radius 2 is 1.89 bits per heavy atom. The molecule has 0 spiro atoms. The topological polar surface area (TPSA) is 72.8 Å². The van der Waals surface area contributed by atoms with E-state index in [9.17, 15) is 9.59 Å². The fourth-order valence-electron chi connectivity index (χ4n) is 1.39. The van der Waals surface area contributed by atoms with Crippen LogP contribution in [0.3, 0.4) is 0 Å². The van der Waals surface area contributed by atoms with Gasteiger partial charge in [-0.05, 0) is 18.6 Å². The summed E-state index contributed by atoms with van der Waals surface area (Å²) < 4.78 is 10.6. The first-order valence-corrected chi connectivity index (χ1v) is 6.21. The third-order valence-corrected chi connectivity index (χ3v) is 2.48.